The van der Waals surface area contributed by atoms with Gasteiger partial charge in [0.05, 0.1) is 0 Å². The summed E-state index contributed by atoms with van der Waals surface area (Å²) in [6.07, 6.45) is -4.74. The molecule has 0 radical (unpaired) electrons. The Labute approximate surface area is 85.5 Å². The second-order valence-electron chi connectivity index (χ2n) is 3.66. The Balaban J connectivity index is 3.32. The van der Waals surface area contributed by atoms with E-state index in [2.05, 4.69) is 0 Å². The first-order chi connectivity index (χ1) is 6.66. The van der Waals surface area contributed by atoms with Crippen molar-refractivity contribution in [3.05, 3.63) is 29.3 Å². The number of hydrogen-bond acceptors (Lipinski definition) is 2. The van der Waals surface area contributed by atoms with Crippen LogP contribution in [0.15, 0.2) is 18.2 Å². The van der Waals surface area contributed by atoms with E-state index in [9.17, 15) is 18.3 Å². The van der Waals surface area contributed by atoms with E-state index in [1.807, 2.05) is 0 Å². The molecule has 3 N–H and O–H groups in total. The number of rotatable bonds is 1. The monoisotopic (exact) mass is 219 g/mol. The van der Waals surface area contributed by atoms with E-state index >= 15 is 0 Å². The van der Waals surface area contributed by atoms with Gasteiger partial charge >= 0.3 is 6.18 Å². The first kappa shape index (κ1) is 11.8. The third-order valence-electron chi connectivity index (χ3n) is 2.29. The Kier molecular flexibility index (Phi) is 2.69. The molecule has 0 saturated carbocycles. The maximum atomic E-state index is 12.5. The molecule has 1 aromatic rings. The largest absolute Gasteiger partial charge is 0.421 e. The van der Waals surface area contributed by atoms with Crippen LogP contribution in [0.3, 0.4) is 0 Å². The Bertz CT molecular complexity index is 371. The fourth-order valence-corrected chi connectivity index (χ4v) is 1.24. The van der Waals surface area contributed by atoms with Gasteiger partial charge in [-0.15, -0.1) is 0 Å². The van der Waals surface area contributed by atoms with Gasteiger partial charge in [0.1, 0.15) is 0 Å². The summed E-state index contributed by atoms with van der Waals surface area (Å²) in [5, 5.41) is 9.42. The molecule has 15 heavy (non-hydrogen) atoms. The third kappa shape index (κ3) is 2.07. The van der Waals surface area contributed by atoms with Crippen LogP contribution < -0.4 is 5.73 Å². The summed E-state index contributed by atoms with van der Waals surface area (Å²) >= 11 is 0. The molecular formula is C10H12F3NO. The van der Waals surface area contributed by atoms with Crippen molar-refractivity contribution in [2.24, 2.45) is 0 Å². The van der Waals surface area contributed by atoms with E-state index in [4.69, 9.17) is 5.73 Å². The average Bonchev–Trinajstić information content (AvgIpc) is 2.07. The van der Waals surface area contributed by atoms with Gasteiger partial charge in [0.15, 0.2) is 5.60 Å². The van der Waals surface area contributed by atoms with Crippen molar-refractivity contribution in [2.45, 2.75) is 25.6 Å². The van der Waals surface area contributed by atoms with E-state index in [0.29, 0.717) is 12.5 Å². The van der Waals surface area contributed by atoms with Crippen LogP contribution in [-0.4, -0.2) is 11.3 Å². The standard InChI is InChI=1S/C10H12F3NO/c1-6-3-4-8(14)7(5-6)9(2,15)10(11,12)13/h3-5,15H,14H2,1-2H3. The maximum absolute atomic E-state index is 12.5. The zero-order valence-electron chi connectivity index (χ0n) is 8.39. The van der Waals surface area contributed by atoms with Crippen LogP contribution in [0, 0.1) is 6.92 Å². The fourth-order valence-electron chi connectivity index (χ4n) is 1.24. The van der Waals surface area contributed by atoms with Gasteiger partial charge in [-0.3, -0.25) is 0 Å². The molecule has 2 nitrogen and oxygen atoms in total. The first-order valence-electron chi connectivity index (χ1n) is 4.32. The summed E-state index contributed by atoms with van der Waals surface area (Å²) in [6, 6.07) is 4.18. The Morgan fingerprint density at radius 1 is 1.27 bits per heavy atom. The molecule has 0 aliphatic heterocycles. The number of nitrogen functional groups attached to an aromatic ring is 1. The normalized spacial score (nSPS) is 16.1. The lowest BCUT2D eigenvalue weighted by molar-refractivity contribution is -0.258. The van der Waals surface area contributed by atoms with Crippen LogP contribution in [0.4, 0.5) is 18.9 Å². The number of aryl methyl sites for hydroxylation is 1. The summed E-state index contributed by atoms with van der Waals surface area (Å²) in [4.78, 5) is 0. The first-order valence-corrected chi connectivity index (χ1v) is 4.32. The van der Waals surface area contributed by atoms with Crippen LogP contribution in [0.2, 0.25) is 0 Å². The number of alkyl halides is 3. The van der Waals surface area contributed by atoms with Crippen LogP contribution in [0.1, 0.15) is 18.1 Å². The summed E-state index contributed by atoms with van der Waals surface area (Å²) in [7, 11) is 0. The van der Waals surface area contributed by atoms with E-state index < -0.39 is 11.8 Å². The average molecular weight is 219 g/mol. The molecule has 0 aromatic heterocycles. The summed E-state index contributed by atoms with van der Waals surface area (Å²) < 4.78 is 37.6. The molecule has 84 valence electrons. The smallest absolute Gasteiger partial charge is 0.398 e. The zero-order valence-corrected chi connectivity index (χ0v) is 8.39. The molecule has 5 heteroatoms. The number of benzene rings is 1. The number of halogens is 3. The molecule has 0 spiro atoms. The second kappa shape index (κ2) is 3.41. The maximum Gasteiger partial charge on any atom is 0.421 e. The number of aliphatic hydroxyl groups is 1. The SMILES string of the molecule is Cc1ccc(N)c(C(C)(O)C(F)(F)F)c1. The molecule has 0 heterocycles. The molecule has 1 aromatic carbocycles. The van der Waals surface area contributed by atoms with E-state index in [0.717, 1.165) is 0 Å². The highest BCUT2D eigenvalue weighted by atomic mass is 19.4. The van der Waals surface area contributed by atoms with Gasteiger partial charge in [-0.25, -0.2) is 0 Å². The number of hydrogen-bond donors (Lipinski definition) is 2. The van der Waals surface area contributed by atoms with Crippen LogP contribution in [-0.2, 0) is 5.60 Å². The minimum atomic E-state index is -4.74. The van der Waals surface area contributed by atoms with Crippen molar-refractivity contribution in [1.82, 2.24) is 0 Å². The van der Waals surface area contributed by atoms with Gasteiger partial charge < -0.3 is 10.8 Å². The molecule has 1 unspecified atom stereocenters. The van der Waals surface area contributed by atoms with Crippen molar-refractivity contribution in [1.29, 1.82) is 0 Å². The Hall–Kier alpha value is -1.23. The summed E-state index contributed by atoms with van der Waals surface area (Å²) in [5.74, 6) is 0. The lowest BCUT2D eigenvalue weighted by atomic mass is 9.92. The summed E-state index contributed by atoms with van der Waals surface area (Å²) in [6.45, 7) is 2.33. The van der Waals surface area contributed by atoms with E-state index in [1.54, 1.807) is 13.0 Å². The van der Waals surface area contributed by atoms with Crippen LogP contribution in [0.5, 0.6) is 0 Å². The fraction of sp³-hybridized carbons (Fsp3) is 0.400. The molecule has 0 saturated heterocycles. The number of anilines is 1. The molecule has 1 rings (SSSR count). The Morgan fingerprint density at radius 3 is 2.27 bits per heavy atom. The molecule has 0 aliphatic rings. The van der Waals surface area contributed by atoms with E-state index in [1.165, 1.54) is 12.1 Å². The van der Waals surface area contributed by atoms with Crippen LogP contribution >= 0.6 is 0 Å². The van der Waals surface area contributed by atoms with Gasteiger partial charge in [0, 0.05) is 11.3 Å². The molecule has 0 aliphatic carbocycles. The van der Waals surface area contributed by atoms with Crippen molar-refractivity contribution in [3.63, 3.8) is 0 Å². The topological polar surface area (TPSA) is 46.2 Å². The highest BCUT2D eigenvalue weighted by Gasteiger charge is 2.52. The van der Waals surface area contributed by atoms with Gasteiger partial charge in [-0.05, 0) is 19.9 Å². The predicted octanol–water partition coefficient (Wildman–Crippen LogP) is 2.35. The van der Waals surface area contributed by atoms with Crippen molar-refractivity contribution >= 4 is 5.69 Å². The molecular weight excluding hydrogens is 207 g/mol. The minimum absolute atomic E-state index is 0.0667. The van der Waals surface area contributed by atoms with Gasteiger partial charge in [-0.1, -0.05) is 17.7 Å². The van der Waals surface area contributed by atoms with Crippen molar-refractivity contribution < 1.29 is 18.3 Å². The molecule has 1 atom stereocenters. The quantitative estimate of drug-likeness (QED) is 0.712. The molecule has 0 amide bonds. The summed E-state index contributed by atoms with van der Waals surface area (Å²) in [5.41, 5.74) is 2.74. The lowest BCUT2D eigenvalue weighted by Crippen LogP contribution is -2.39. The lowest BCUT2D eigenvalue weighted by Gasteiger charge is -2.28. The third-order valence-corrected chi connectivity index (χ3v) is 2.29. The van der Waals surface area contributed by atoms with Gasteiger partial charge in [0.2, 0.25) is 0 Å². The highest BCUT2D eigenvalue weighted by molar-refractivity contribution is 5.51. The van der Waals surface area contributed by atoms with Crippen molar-refractivity contribution in [3.8, 4) is 0 Å². The second-order valence-corrected chi connectivity index (χ2v) is 3.66. The van der Waals surface area contributed by atoms with Crippen LogP contribution in [0.25, 0.3) is 0 Å². The minimum Gasteiger partial charge on any atom is -0.398 e. The highest BCUT2D eigenvalue weighted by Crippen LogP contribution is 2.40. The molecule has 0 fully saturated rings. The Morgan fingerprint density at radius 2 is 1.80 bits per heavy atom. The predicted molar refractivity (Wildman–Crippen MR) is 51.2 cm³/mol. The van der Waals surface area contributed by atoms with E-state index in [-0.39, 0.29) is 11.3 Å². The molecule has 0 bridgehead atoms. The number of nitrogens with two attached hydrogens (primary N) is 1. The van der Waals surface area contributed by atoms with Gasteiger partial charge in [-0.2, -0.15) is 13.2 Å². The zero-order chi connectivity index (χ0) is 11.9. The van der Waals surface area contributed by atoms with Gasteiger partial charge in [0.25, 0.3) is 0 Å². The van der Waals surface area contributed by atoms with Crippen molar-refractivity contribution in [2.75, 3.05) is 5.73 Å².